The molecule has 13 atom stereocenters. The number of amides is 1. The van der Waals surface area contributed by atoms with Crippen molar-refractivity contribution in [2.24, 2.45) is 56.7 Å². The third-order valence-electron chi connectivity index (χ3n) is 16.2. The number of rotatable bonds is 6. The number of fused-ring (bicyclic) bond motifs is 4. The van der Waals surface area contributed by atoms with Crippen LogP contribution < -0.4 is 0 Å². The molecule has 0 bridgehead atoms. The highest BCUT2D eigenvalue weighted by molar-refractivity contribution is 7.90. The van der Waals surface area contributed by atoms with Crippen molar-refractivity contribution >= 4 is 15.7 Å². The topological polar surface area (TPSA) is 102 Å². The number of carbonyl (C=O) groups excluding carboxylic acids is 1. The van der Waals surface area contributed by atoms with Crippen molar-refractivity contribution in [2.45, 2.75) is 136 Å². The lowest BCUT2D eigenvalue weighted by molar-refractivity contribution is -0.248. The van der Waals surface area contributed by atoms with Crippen molar-refractivity contribution in [2.75, 3.05) is 31.7 Å². The number of sulfone groups is 1. The van der Waals surface area contributed by atoms with Gasteiger partial charge < -0.3 is 24.2 Å². The molecule has 4 unspecified atom stereocenters. The molecule has 8 aliphatic rings. The molecule has 8 rings (SSSR count). The van der Waals surface area contributed by atoms with E-state index in [0.29, 0.717) is 55.2 Å². The second kappa shape index (κ2) is 10.4. The number of hydrogen-bond donors (Lipinski definition) is 1. The maximum absolute atomic E-state index is 12.9. The molecule has 9 heteroatoms. The fourth-order valence-corrected chi connectivity index (χ4v) is 14.8. The van der Waals surface area contributed by atoms with E-state index in [4.69, 9.17) is 14.2 Å². The lowest BCUT2D eigenvalue weighted by atomic mass is 9.41. The summed E-state index contributed by atoms with van der Waals surface area (Å²) in [7, 11) is -3.16. The maximum atomic E-state index is 12.9. The van der Waals surface area contributed by atoms with Crippen LogP contribution >= 0.6 is 0 Å². The van der Waals surface area contributed by atoms with Crippen molar-refractivity contribution in [1.29, 1.82) is 0 Å². The average molecular weight is 662 g/mol. The average Bonchev–Trinajstić information content (AvgIpc) is 3.89. The molecule has 46 heavy (non-hydrogen) atoms. The highest BCUT2D eigenvalue weighted by atomic mass is 32.2. The summed E-state index contributed by atoms with van der Waals surface area (Å²) >= 11 is 0. The van der Waals surface area contributed by atoms with Gasteiger partial charge in [-0.3, -0.25) is 4.79 Å². The summed E-state index contributed by atoms with van der Waals surface area (Å²) in [4.78, 5) is 14.8. The van der Waals surface area contributed by atoms with Crippen LogP contribution in [0.2, 0.25) is 0 Å². The molecule has 0 radical (unpaired) electrons. The standard InChI is InChI=1S/C37H59NO7S/c1-22-17-24(20-46(6,41)42)44-31-30(22)34(4)13-14-37-21-36(37)12-11-27(33(2,3)25(36)9-10-26(37)35(34,5)32(31)40)45-29-19-38(15-16-43-29)28(39)18-23-7-8-23/h22-27,29-32,40H,7-21H2,1-6H3/t22-,24?,25+,26?,27+,29+,30+,31?,32+,34-,35-,36-,37?/m1/s1. The molecule has 8 fully saturated rings. The predicted octanol–water partition coefficient (Wildman–Crippen LogP) is 5.21. The fourth-order valence-electron chi connectivity index (χ4n) is 13.9. The summed E-state index contributed by atoms with van der Waals surface area (Å²) in [6, 6.07) is 0. The van der Waals surface area contributed by atoms with Gasteiger partial charge in [0.25, 0.3) is 0 Å². The van der Waals surface area contributed by atoms with Crippen LogP contribution in [0.25, 0.3) is 0 Å². The van der Waals surface area contributed by atoms with Crippen LogP contribution in [0.4, 0.5) is 0 Å². The molecular formula is C37H59NO7S. The van der Waals surface area contributed by atoms with Crippen molar-refractivity contribution in [3.05, 3.63) is 0 Å². The van der Waals surface area contributed by atoms with E-state index in [0.717, 1.165) is 32.1 Å². The molecule has 6 saturated carbocycles. The molecule has 2 heterocycles. The zero-order chi connectivity index (χ0) is 32.7. The van der Waals surface area contributed by atoms with Gasteiger partial charge in [-0.1, -0.05) is 34.6 Å². The second-order valence-electron chi connectivity index (χ2n) is 18.6. The third kappa shape index (κ3) is 4.48. The summed E-state index contributed by atoms with van der Waals surface area (Å²) in [5.41, 5.74) is 0.256. The Bertz CT molecular complexity index is 1360. The van der Waals surface area contributed by atoms with E-state index >= 15 is 0 Å². The van der Waals surface area contributed by atoms with Gasteiger partial charge in [0, 0.05) is 24.6 Å². The van der Waals surface area contributed by atoms with E-state index in [1.54, 1.807) is 0 Å². The first-order chi connectivity index (χ1) is 21.6. The first-order valence-corrected chi connectivity index (χ1v) is 20.7. The van der Waals surface area contributed by atoms with Crippen LogP contribution in [0.3, 0.4) is 0 Å². The SMILES string of the molecule is C[C@@H]1CC(CS(C)(=O)=O)OC2[C@H]1[C@@]1(C)CCC34C[C@@]35CC[C@H](O[C@H]3CN(C(=O)CC6CC6)CCO3)C(C)(C)[C@@H]5CCC4[C@]1(C)[C@H]2O. The second-order valence-corrected chi connectivity index (χ2v) is 20.8. The minimum absolute atomic E-state index is 0.00317. The lowest BCUT2D eigenvalue weighted by Gasteiger charge is -2.64. The smallest absolute Gasteiger partial charge is 0.223 e. The molecule has 1 N–H and O–H groups in total. The number of hydrogen-bond acceptors (Lipinski definition) is 7. The number of morpholine rings is 1. The summed E-state index contributed by atoms with van der Waals surface area (Å²) in [5.74, 6) is 2.47. The zero-order valence-electron chi connectivity index (χ0n) is 29.1. The van der Waals surface area contributed by atoms with Crippen LogP contribution in [-0.4, -0.2) is 86.7 Å². The molecule has 260 valence electrons. The molecule has 8 nitrogen and oxygen atoms in total. The van der Waals surface area contributed by atoms with Gasteiger partial charge in [0.2, 0.25) is 5.91 Å². The van der Waals surface area contributed by atoms with E-state index in [1.165, 1.54) is 38.4 Å². The Morgan fingerprint density at radius 3 is 2.43 bits per heavy atom. The van der Waals surface area contributed by atoms with Gasteiger partial charge in [-0.05, 0) is 115 Å². The Labute approximate surface area is 277 Å². The van der Waals surface area contributed by atoms with Crippen LogP contribution in [0.1, 0.15) is 105 Å². The highest BCUT2D eigenvalue weighted by Gasteiger charge is 2.84. The molecule has 0 aromatic heterocycles. The fraction of sp³-hybridized carbons (Fsp3) is 0.973. The predicted molar refractivity (Wildman–Crippen MR) is 174 cm³/mol. The van der Waals surface area contributed by atoms with Crippen molar-refractivity contribution in [3.63, 3.8) is 0 Å². The lowest BCUT2D eigenvalue weighted by Crippen LogP contribution is -2.60. The van der Waals surface area contributed by atoms with Crippen molar-refractivity contribution in [3.8, 4) is 0 Å². The van der Waals surface area contributed by atoms with Gasteiger partial charge >= 0.3 is 0 Å². The molecule has 6 aliphatic carbocycles. The van der Waals surface area contributed by atoms with Crippen LogP contribution in [0.15, 0.2) is 0 Å². The Hall–Kier alpha value is -0.740. The molecular weight excluding hydrogens is 602 g/mol. The summed E-state index contributed by atoms with van der Waals surface area (Å²) in [5, 5.41) is 12.3. The van der Waals surface area contributed by atoms with Crippen LogP contribution in [0, 0.1) is 56.7 Å². The van der Waals surface area contributed by atoms with Crippen molar-refractivity contribution < 1.29 is 32.5 Å². The highest BCUT2D eigenvalue weighted by Crippen LogP contribution is 2.89. The van der Waals surface area contributed by atoms with Gasteiger partial charge in [-0.2, -0.15) is 0 Å². The molecule has 1 amide bonds. The van der Waals surface area contributed by atoms with E-state index < -0.39 is 15.9 Å². The van der Waals surface area contributed by atoms with Crippen molar-refractivity contribution in [1.82, 2.24) is 4.90 Å². The number of nitrogens with zero attached hydrogens (tertiary/aromatic N) is 1. The van der Waals surface area contributed by atoms with E-state index in [2.05, 4.69) is 34.6 Å². The third-order valence-corrected chi connectivity index (χ3v) is 17.1. The normalized spacial score (nSPS) is 52.5. The van der Waals surface area contributed by atoms with Gasteiger partial charge in [0.05, 0.1) is 43.3 Å². The Balaban J connectivity index is 1.01. The van der Waals surface area contributed by atoms with Crippen LogP contribution in [-0.2, 0) is 28.8 Å². The number of aliphatic hydroxyl groups is 1. The van der Waals surface area contributed by atoms with Gasteiger partial charge in [-0.15, -0.1) is 0 Å². The van der Waals surface area contributed by atoms with Gasteiger partial charge in [0.1, 0.15) is 9.84 Å². The van der Waals surface area contributed by atoms with Gasteiger partial charge in [0.15, 0.2) is 6.29 Å². The van der Waals surface area contributed by atoms with E-state index in [-0.39, 0.29) is 63.8 Å². The van der Waals surface area contributed by atoms with Crippen LogP contribution in [0.5, 0.6) is 0 Å². The molecule has 2 spiro atoms. The monoisotopic (exact) mass is 661 g/mol. The minimum Gasteiger partial charge on any atom is -0.390 e. The Morgan fingerprint density at radius 2 is 1.72 bits per heavy atom. The first-order valence-electron chi connectivity index (χ1n) is 18.6. The number of ether oxygens (including phenoxy) is 3. The van der Waals surface area contributed by atoms with Gasteiger partial charge in [-0.25, -0.2) is 8.42 Å². The Morgan fingerprint density at radius 1 is 1.00 bits per heavy atom. The summed E-state index contributed by atoms with van der Waals surface area (Å²) in [6.45, 7) is 13.7. The molecule has 2 aliphatic heterocycles. The molecule has 0 aromatic rings. The summed E-state index contributed by atoms with van der Waals surface area (Å²) < 4.78 is 44.0. The minimum atomic E-state index is -3.16. The molecule has 2 saturated heterocycles. The largest absolute Gasteiger partial charge is 0.390 e. The number of carbonyl (C=O) groups is 1. The number of aliphatic hydroxyl groups excluding tert-OH is 1. The van der Waals surface area contributed by atoms with E-state index in [9.17, 15) is 18.3 Å². The summed E-state index contributed by atoms with van der Waals surface area (Å²) in [6.07, 6.45) is 11.7. The first kappa shape index (κ1) is 32.5. The maximum Gasteiger partial charge on any atom is 0.223 e. The quantitative estimate of drug-likeness (QED) is 0.417. The van der Waals surface area contributed by atoms with E-state index in [1.807, 2.05) is 4.90 Å². The Kier molecular flexibility index (Phi) is 7.34. The molecule has 0 aromatic carbocycles. The zero-order valence-corrected chi connectivity index (χ0v) is 29.9.